The van der Waals surface area contributed by atoms with Gasteiger partial charge in [-0.05, 0) is 38.9 Å². The minimum absolute atomic E-state index is 0.170. The molecule has 0 aromatic heterocycles. The van der Waals surface area contributed by atoms with Crippen molar-refractivity contribution in [2.45, 2.75) is 18.4 Å². The zero-order valence-corrected chi connectivity index (χ0v) is 11.0. The van der Waals surface area contributed by atoms with Crippen LogP contribution in [0.1, 0.15) is 12.8 Å². The number of hydrogen-bond donors (Lipinski definition) is 1. The highest BCUT2D eigenvalue weighted by atomic mass is 16.5. The van der Waals surface area contributed by atoms with Gasteiger partial charge < -0.3 is 15.0 Å². The number of ether oxygens (including phenoxy) is 1. The Morgan fingerprint density at radius 1 is 1.24 bits per heavy atom. The van der Waals surface area contributed by atoms with Crippen molar-refractivity contribution in [3.8, 4) is 0 Å². The van der Waals surface area contributed by atoms with Crippen molar-refractivity contribution in [2.75, 3.05) is 59.5 Å². The molecule has 4 nitrogen and oxygen atoms in total. The zero-order chi connectivity index (χ0) is 11.7. The minimum atomic E-state index is 0.170. The average Bonchev–Trinajstić information content (AvgIpc) is 2.31. The van der Waals surface area contributed by atoms with E-state index in [1.807, 2.05) is 0 Å². The van der Waals surface area contributed by atoms with Crippen LogP contribution < -0.4 is 5.32 Å². The maximum atomic E-state index is 5.93. The van der Waals surface area contributed by atoms with Crippen LogP contribution in [-0.2, 0) is 4.74 Å². The quantitative estimate of drug-likeness (QED) is 0.734. The Balaban J connectivity index is 1.48. The maximum Gasteiger partial charge on any atom is 0.106 e. The van der Waals surface area contributed by atoms with Crippen LogP contribution in [0, 0.1) is 5.92 Å². The normalized spacial score (nSPS) is 31.6. The van der Waals surface area contributed by atoms with Crippen molar-refractivity contribution in [1.82, 2.24) is 15.1 Å². The Morgan fingerprint density at radius 3 is 2.65 bits per heavy atom. The summed E-state index contributed by atoms with van der Waals surface area (Å²) in [6.07, 6.45) is 2.75. The van der Waals surface area contributed by atoms with E-state index < -0.39 is 0 Å². The number of rotatable bonds is 2. The lowest BCUT2D eigenvalue weighted by Gasteiger charge is -2.49. The summed E-state index contributed by atoms with van der Waals surface area (Å²) in [6, 6.07) is 0. The molecule has 0 aromatic rings. The van der Waals surface area contributed by atoms with Crippen LogP contribution >= 0.6 is 0 Å². The van der Waals surface area contributed by atoms with Gasteiger partial charge in [-0.3, -0.25) is 4.90 Å². The molecule has 0 unspecified atom stereocenters. The van der Waals surface area contributed by atoms with E-state index in [9.17, 15) is 0 Å². The molecule has 0 bridgehead atoms. The van der Waals surface area contributed by atoms with E-state index in [-0.39, 0.29) is 5.60 Å². The first-order valence-corrected chi connectivity index (χ1v) is 7.01. The van der Waals surface area contributed by atoms with Crippen molar-refractivity contribution in [1.29, 1.82) is 0 Å². The molecular weight excluding hydrogens is 214 g/mol. The average molecular weight is 239 g/mol. The number of piperidine rings is 1. The van der Waals surface area contributed by atoms with Crippen molar-refractivity contribution < 1.29 is 4.74 Å². The summed E-state index contributed by atoms with van der Waals surface area (Å²) in [5, 5.41) is 3.34. The van der Waals surface area contributed by atoms with E-state index in [4.69, 9.17) is 4.74 Å². The Morgan fingerprint density at radius 2 is 2.00 bits per heavy atom. The molecule has 3 heterocycles. The molecule has 4 heteroatoms. The molecule has 3 aliphatic rings. The molecular formula is C13H25N3O. The van der Waals surface area contributed by atoms with Gasteiger partial charge in [-0.1, -0.05) is 0 Å². The zero-order valence-electron chi connectivity index (χ0n) is 11.0. The van der Waals surface area contributed by atoms with Gasteiger partial charge in [-0.2, -0.15) is 0 Å². The number of likely N-dealkylation sites (tertiary alicyclic amines) is 1. The van der Waals surface area contributed by atoms with Crippen LogP contribution in [0.5, 0.6) is 0 Å². The number of morpholine rings is 1. The van der Waals surface area contributed by atoms with Crippen LogP contribution in [0.25, 0.3) is 0 Å². The fourth-order valence-electron chi connectivity index (χ4n) is 3.31. The lowest BCUT2D eigenvalue weighted by molar-refractivity contribution is -0.138. The van der Waals surface area contributed by atoms with Gasteiger partial charge in [0.05, 0.1) is 6.61 Å². The molecule has 0 aromatic carbocycles. The Bertz CT molecular complexity index is 259. The molecule has 98 valence electrons. The SMILES string of the molecule is CN1CCC(CN2CCOC3(CNC3)C2)CC1. The molecule has 0 amide bonds. The monoisotopic (exact) mass is 239 g/mol. The fourth-order valence-corrected chi connectivity index (χ4v) is 3.31. The standard InChI is InChI=1S/C13H25N3O/c1-15-4-2-12(3-5-15)8-16-6-7-17-13(11-16)9-14-10-13/h12,14H,2-11H2,1H3. The second kappa shape index (κ2) is 4.84. The summed E-state index contributed by atoms with van der Waals surface area (Å²) >= 11 is 0. The molecule has 0 saturated carbocycles. The van der Waals surface area contributed by atoms with Gasteiger partial charge in [0.25, 0.3) is 0 Å². The predicted octanol–water partition coefficient (Wildman–Crippen LogP) is 0.00240. The summed E-state index contributed by atoms with van der Waals surface area (Å²) in [6.45, 7) is 9.16. The third-order valence-corrected chi connectivity index (χ3v) is 4.58. The van der Waals surface area contributed by atoms with E-state index in [2.05, 4.69) is 22.2 Å². The van der Waals surface area contributed by atoms with Gasteiger partial charge in [0.15, 0.2) is 0 Å². The second-order valence-corrected chi connectivity index (χ2v) is 6.12. The third-order valence-electron chi connectivity index (χ3n) is 4.58. The highest BCUT2D eigenvalue weighted by molar-refractivity contribution is 4.99. The molecule has 0 aliphatic carbocycles. The van der Waals surface area contributed by atoms with E-state index in [1.54, 1.807) is 0 Å². The molecule has 3 fully saturated rings. The van der Waals surface area contributed by atoms with E-state index >= 15 is 0 Å². The van der Waals surface area contributed by atoms with Crippen molar-refractivity contribution in [2.24, 2.45) is 5.92 Å². The van der Waals surface area contributed by atoms with Gasteiger partial charge >= 0.3 is 0 Å². The Labute approximate surface area is 104 Å². The predicted molar refractivity (Wildman–Crippen MR) is 68.2 cm³/mol. The summed E-state index contributed by atoms with van der Waals surface area (Å²) in [4.78, 5) is 5.09. The van der Waals surface area contributed by atoms with E-state index in [0.29, 0.717) is 0 Å². The van der Waals surface area contributed by atoms with E-state index in [1.165, 1.54) is 32.5 Å². The molecule has 0 atom stereocenters. The van der Waals surface area contributed by atoms with Gasteiger partial charge in [-0.25, -0.2) is 0 Å². The number of nitrogens with zero attached hydrogens (tertiary/aromatic N) is 2. The van der Waals surface area contributed by atoms with Crippen molar-refractivity contribution >= 4 is 0 Å². The third kappa shape index (κ3) is 2.65. The molecule has 0 radical (unpaired) electrons. The maximum absolute atomic E-state index is 5.93. The van der Waals surface area contributed by atoms with Gasteiger partial charge in [0, 0.05) is 32.7 Å². The summed E-state index contributed by atoms with van der Waals surface area (Å²) in [5.41, 5.74) is 0.170. The lowest BCUT2D eigenvalue weighted by atomic mass is 9.92. The van der Waals surface area contributed by atoms with Crippen molar-refractivity contribution in [3.63, 3.8) is 0 Å². The van der Waals surface area contributed by atoms with Crippen LogP contribution in [0.4, 0.5) is 0 Å². The summed E-state index contributed by atoms with van der Waals surface area (Å²) in [5.74, 6) is 0.911. The van der Waals surface area contributed by atoms with Gasteiger partial charge in [0.2, 0.25) is 0 Å². The highest BCUT2D eigenvalue weighted by Gasteiger charge is 2.42. The first-order valence-electron chi connectivity index (χ1n) is 7.01. The van der Waals surface area contributed by atoms with Crippen molar-refractivity contribution in [3.05, 3.63) is 0 Å². The smallest absolute Gasteiger partial charge is 0.106 e. The molecule has 17 heavy (non-hydrogen) atoms. The second-order valence-electron chi connectivity index (χ2n) is 6.12. The first kappa shape index (κ1) is 11.9. The van der Waals surface area contributed by atoms with Crippen LogP contribution in [0.2, 0.25) is 0 Å². The number of nitrogens with one attached hydrogen (secondary N) is 1. The Hall–Kier alpha value is -0.160. The lowest BCUT2D eigenvalue weighted by Crippen LogP contribution is -2.69. The fraction of sp³-hybridized carbons (Fsp3) is 1.00. The molecule has 1 N–H and O–H groups in total. The van der Waals surface area contributed by atoms with Crippen LogP contribution in [-0.4, -0.2) is 74.9 Å². The summed E-state index contributed by atoms with van der Waals surface area (Å²) in [7, 11) is 2.24. The largest absolute Gasteiger partial charge is 0.370 e. The van der Waals surface area contributed by atoms with Crippen LogP contribution in [0.3, 0.4) is 0 Å². The Kier molecular flexibility index (Phi) is 3.39. The van der Waals surface area contributed by atoms with E-state index in [0.717, 1.165) is 38.7 Å². The molecule has 3 saturated heterocycles. The first-order chi connectivity index (χ1) is 8.26. The molecule has 3 aliphatic heterocycles. The summed E-state index contributed by atoms with van der Waals surface area (Å²) < 4.78 is 5.93. The van der Waals surface area contributed by atoms with Crippen LogP contribution in [0.15, 0.2) is 0 Å². The molecule has 1 spiro atoms. The van der Waals surface area contributed by atoms with Gasteiger partial charge in [-0.15, -0.1) is 0 Å². The van der Waals surface area contributed by atoms with Gasteiger partial charge in [0.1, 0.15) is 5.60 Å². The minimum Gasteiger partial charge on any atom is -0.370 e. The molecule has 3 rings (SSSR count). The highest BCUT2D eigenvalue weighted by Crippen LogP contribution is 2.24. The topological polar surface area (TPSA) is 27.7 Å². The number of hydrogen-bond acceptors (Lipinski definition) is 4.